The van der Waals surface area contributed by atoms with Crippen LogP contribution in [0.1, 0.15) is 30.4 Å². The molecule has 2 atom stereocenters. The lowest BCUT2D eigenvalue weighted by molar-refractivity contribution is -0.143. The monoisotopic (exact) mass is 500 g/mol. The molecule has 0 spiro atoms. The fourth-order valence-corrected chi connectivity index (χ4v) is 3.14. The van der Waals surface area contributed by atoms with E-state index in [-0.39, 0.29) is 37.5 Å². The molecule has 0 radical (unpaired) electrons. The zero-order valence-electron chi connectivity index (χ0n) is 19.3. The molecule has 0 aliphatic carbocycles. The predicted molar refractivity (Wildman–Crippen MR) is 128 cm³/mol. The van der Waals surface area contributed by atoms with Crippen LogP contribution in [-0.2, 0) is 25.6 Å². The normalized spacial score (nSPS) is 12.1. The Labute approximate surface area is 206 Å². The zero-order chi connectivity index (χ0) is 26.7. The van der Waals surface area contributed by atoms with Crippen LogP contribution in [-0.4, -0.2) is 63.6 Å². The van der Waals surface area contributed by atoms with E-state index in [9.17, 15) is 29.4 Å². The van der Waals surface area contributed by atoms with Gasteiger partial charge in [0.25, 0.3) is 0 Å². The van der Waals surface area contributed by atoms with Gasteiger partial charge in [0.2, 0.25) is 11.8 Å². The molecule has 0 unspecified atom stereocenters. The van der Waals surface area contributed by atoms with Gasteiger partial charge < -0.3 is 36.4 Å². The summed E-state index contributed by atoms with van der Waals surface area (Å²) in [5.41, 5.74) is 6.45. The molecule has 2 aromatic carbocycles. The van der Waals surface area contributed by atoms with Crippen molar-refractivity contribution in [2.75, 3.05) is 6.61 Å². The number of carboxylic acid groups (broad SMARTS) is 2. The average molecular weight is 501 g/mol. The fraction of sp³-hybridized carbons (Fsp3) is 0.292. The fourth-order valence-electron chi connectivity index (χ4n) is 3.14. The molecule has 0 fully saturated rings. The van der Waals surface area contributed by atoms with Crippen LogP contribution in [0.25, 0.3) is 0 Å². The largest absolute Gasteiger partial charge is 0.508 e. The first-order valence-electron chi connectivity index (χ1n) is 10.9. The van der Waals surface area contributed by atoms with Crippen LogP contribution in [0.4, 0.5) is 0 Å². The third-order valence-corrected chi connectivity index (χ3v) is 5.00. The molecule has 12 nitrogen and oxygen atoms in total. The van der Waals surface area contributed by atoms with Gasteiger partial charge in [-0.05, 0) is 48.4 Å². The van der Waals surface area contributed by atoms with Gasteiger partial charge in [-0.2, -0.15) is 0 Å². The predicted octanol–water partition coefficient (Wildman–Crippen LogP) is 0.607. The lowest BCUT2D eigenvalue weighted by atomic mass is 10.0. The number of nitrogens with two attached hydrogens (primary N) is 1. The Morgan fingerprint density at radius 3 is 2.14 bits per heavy atom. The van der Waals surface area contributed by atoms with Gasteiger partial charge in [-0.15, -0.1) is 0 Å². The Morgan fingerprint density at radius 1 is 0.944 bits per heavy atom. The minimum atomic E-state index is -1.48. The first kappa shape index (κ1) is 27.6. The summed E-state index contributed by atoms with van der Waals surface area (Å²) in [7, 11) is 0. The summed E-state index contributed by atoms with van der Waals surface area (Å²) >= 11 is 0. The smallest absolute Gasteiger partial charge is 0.326 e. The van der Waals surface area contributed by atoms with E-state index in [0.29, 0.717) is 16.9 Å². The lowest BCUT2D eigenvalue weighted by Gasteiger charge is -2.20. The van der Waals surface area contributed by atoms with Gasteiger partial charge in [0.15, 0.2) is 0 Å². The third kappa shape index (κ3) is 9.33. The zero-order valence-corrected chi connectivity index (χ0v) is 19.3. The highest BCUT2D eigenvalue weighted by molar-refractivity contribution is 5.95. The van der Waals surface area contributed by atoms with Crippen molar-refractivity contribution >= 4 is 29.6 Å². The maximum absolute atomic E-state index is 12.6. The van der Waals surface area contributed by atoms with Gasteiger partial charge in [-0.1, -0.05) is 12.1 Å². The first-order chi connectivity index (χ1) is 17.0. The third-order valence-electron chi connectivity index (χ3n) is 5.00. The van der Waals surface area contributed by atoms with Crippen molar-refractivity contribution in [2.45, 2.75) is 37.8 Å². The number of benzene rings is 2. The lowest BCUT2D eigenvalue weighted by Crippen LogP contribution is -2.52. The van der Waals surface area contributed by atoms with Crippen molar-refractivity contribution in [3.8, 4) is 11.5 Å². The molecule has 8 N–H and O–H groups in total. The van der Waals surface area contributed by atoms with Gasteiger partial charge in [-0.3, -0.25) is 19.8 Å². The number of nitrogen functional groups attached to an aromatic ring is 1. The molecular formula is C24H28N4O8. The van der Waals surface area contributed by atoms with Crippen LogP contribution >= 0.6 is 0 Å². The number of hydrogen-bond donors (Lipinski definition) is 7. The van der Waals surface area contributed by atoms with E-state index >= 15 is 0 Å². The second-order valence-electron chi connectivity index (χ2n) is 7.88. The second kappa shape index (κ2) is 13.3. The van der Waals surface area contributed by atoms with Gasteiger partial charge in [-0.25, -0.2) is 4.79 Å². The number of amides is 2. The van der Waals surface area contributed by atoms with E-state index in [2.05, 4.69) is 10.6 Å². The van der Waals surface area contributed by atoms with Crippen molar-refractivity contribution in [2.24, 2.45) is 5.73 Å². The molecule has 0 aromatic heterocycles. The number of phenolic OH excluding ortho intramolecular Hbond substituents is 1. The highest BCUT2D eigenvalue weighted by Gasteiger charge is 2.28. The van der Waals surface area contributed by atoms with Crippen molar-refractivity contribution in [1.82, 2.24) is 10.6 Å². The maximum Gasteiger partial charge on any atom is 0.326 e. The molecule has 2 aromatic rings. The number of nitrogens with one attached hydrogen (secondary N) is 3. The highest BCUT2D eigenvalue weighted by Crippen LogP contribution is 2.13. The number of ether oxygens (including phenoxy) is 1. The highest BCUT2D eigenvalue weighted by atomic mass is 16.5. The number of rotatable bonds is 14. The van der Waals surface area contributed by atoms with Crippen molar-refractivity contribution in [3.63, 3.8) is 0 Å². The molecular weight excluding hydrogens is 472 g/mol. The molecule has 0 heterocycles. The van der Waals surface area contributed by atoms with Gasteiger partial charge in [0.1, 0.15) is 29.4 Å². The first-order valence-corrected chi connectivity index (χ1v) is 10.9. The summed E-state index contributed by atoms with van der Waals surface area (Å²) in [4.78, 5) is 47.7. The number of phenols is 1. The SMILES string of the molecule is N=C(N)c1ccc(OCCCC(=O)N[C@@H](CC(=O)O)C(=O)N[C@@H](Cc2ccc(O)cc2)C(=O)O)cc1. The standard InChI is InChI=1S/C24H28N4O8/c25-22(26)15-5-9-17(10-6-15)36-11-1-2-20(30)27-18(13-21(31)32)23(33)28-19(24(34)35)12-14-3-7-16(29)8-4-14/h3-10,18-19,29H,1-2,11-13H2,(H3,25,26)(H,27,30)(H,28,33)(H,31,32)(H,34,35)/t18-,19-/m0/s1. The number of aromatic hydroxyl groups is 1. The Balaban J connectivity index is 1.89. The van der Waals surface area contributed by atoms with Crippen LogP contribution in [0.5, 0.6) is 11.5 Å². The maximum atomic E-state index is 12.6. The van der Waals surface area contributed by atoms with E-state index < -0.39 is 42.3 Å². The molecule has 36 heavy (non-hydrogen) atoms. The second-order valence-corrected chi connectivity index (χ2v) is 7.88. The van der Waals surface area contributed by atoms with Crippen LogP contribution in [0.3, 0.4) is 0 Å². The van der Waals surface area contributed by atoms with Gasteiger partial charge >= 0.3 is 11.9 Å². The van der Waals surface area contributed by atoms with E-state index in [0.717, 1.165) is 0 Å². The van der Waals surface area contributed by atoms with Crippen molar-refractivity contribution in [3.05, 3.63) is 59.7 Å². The topological polar surface area (TPSA) is 212 Å². The molecule has 0 saturated carbocycles. The van der Waals surface area contributed by atoms with E-state index in [4.69, 9.17) is 21.0 Å². The number of carbonyl (C=O) groups excluding carboxylic acids is 2. The minimum absolute atomic E-state index is 0.00446. The van der Waals surface area contributed by atoms with Crippen LogP contribution in [0, 0.1) is 5.41 Å². The molecule has 2 amide bonds. The Bertz CT molecular complexity index is 1090. The van der Waals surface area contributed by atoms with Gasteiger partial charge in [0.05, 0.1) is 13.0 Å². The van der Waals surface area contributed by atoms with Crippen molar-refractivity contribution in [1.29, 1.82) is 5.41 Å². The summed E-state index contributed by atoms with van der Waals surface area (Å²) in [6.07, 6.45) is -0.646. The van der Waals surface area contributed by atoms with Gasteiger partial charge in [0, 0.05) is 18.4 Å². The number of aliphatic carboxylic acids is 2. The number of hydrogen-bond acceptors (Lipinski definition) is 7. The summed E-state index contributed by atoms with van der Waals surface area (Å²) in [6.45, 7) is 0.163. The van der Waals surface area contributed by atoms with Crippen molar-refractivity contribution < 1.29 is 39.2 Å². The molecule has 0 aliphatic rings. The molecule has 0 bridgehead atoms. The number of amidine groups is 1. The molecule has 12 heteroatoms. The Kier molecular flexibility index (Phi) is 10.2. The van der Waals surface area contributed by atoms with E-state index in [1.54, 1.807) is 24.3 Å². The molecule has 192 valence electrons. The number of carboxylic acids is 2. The summed E-state index contributed by atoms with van der Waals surface area (Å²) < 4.78 is 5.51. The summed E-state index contributed by atoms with van der Waals surface area (Å²) in [5.74, 6) is -3.81. The average Bonchev–Trinajstić information content (AvgIpc) is 2.82. The summed E-state index contributed by atoms with van der Waals surface area (Å²) in [5, 5.41) is 39.9. The van der Waals surface area contributed by atoms with Crippen LogP contribution in [0.15, 0.2) is 48.5 Å². The molecule has 0 aliphatic heterocycles. The Hall–Kier alpha value is -4.61. The minimum Gasteiger partial charge on any atom is -0.508 e. The van der Waals surface area contributed by atoms with Crippen LogP contribution in [0.2, 0.25) is 0 Å². The quantitative estimate of drug-likeness (QED) is 0.110. The van der Waals surface area contributed by atoms with E-state index in [1.807, 2.05) is 0 Å². The van der Waals surface area contributed by atoms with Crippen LogP contribution < -0.4 is 21.1 Å². The molecule has 0 saturated heterocycles. The van der Waals surface area contributed by atoms with E-state index in [1.165, 1.54) is 24.3 Å². The molecule has 2 rings (SSSR count). The Morgan fingerprint density at radius 2 is 1.58 bits per heavy atom. The summed E-state index contributed by atoms with van der Waals surface area (Å²) in [6, 6.07) is 9.36. The number of carbonyl (C=O) groups is 4.